The number of rotatable bonds is 2. The van der Waals surface area contributed by atoms with Crippen LogP contribution in [0.4, 0.5) is 5.69 Å². The number of benzene rings is 1. The Morgan fingerprint density at radius 1 is 1.07 bits per heavy atom. The van der Waals surface area contributed by atoms with Gasteiger partial charge in [0.25, 0.3) is 5.91 Å². The second-order valence-corrected chi connectivity index (χ2v) is 8.02. The van der Waals surface area contributed by atoms with Crippen molar-refractivity contribution in [1.82, 2.24) is 9.80 Å². The molecule has 0 aliphatic carbocycles. The van der Waals surface area contributed by atoms with Gasteiger partial charge in [0.05, 0.1) is 13.2 Å². The van der Waals surface area contributed by atoms with E-state index in [9.17, 15) is 9.59 Å². The zero-order valence-electron chi connectivity index (χ0n) is 16.4. The first-order chi connectivity index (χ1) is 13.0. The Bertz CT molecular complexity index is 744. The summed E-state index contributed by atoms with van der Waals surface area (Å²) >= 11 is 0. The molecule has 146 valence electrons. The fourth-order valence-electron chi connectivity index (χ4n) is 4.93. The Balaban J connectivity index is 1.58. The van der Waals surface area contributed by atoms with E-state index in [2.05, 4.69) is 11.8 Å². The molecule has 0 N–H and O–H groups in total. The maximum Gasteiger partial charge on any atom is 0.254 e. The predicted octanol–water partition coefficient (Wildman–Crippen LogP) is 2.06. The van der Waals surface area contributed by atoms with Gasteiger partial charge in [-0.15, -0.1) is 0 Å². The second-order valence-electron chi connectivity index (χ2n) is 8.02. The molecule has 3 heterocycles. The van der Waals surface area contributed by atoms with Crippen LogP contribution in [0.25, 0.3) is 0 Å². The first kappa shape index (κ1) is 18.3. The van der Waals surface area contributed by atoms with Crippen molar-refractivity contribution in [2.24, 2.45) is 0 Å². The Hall–Kier alpha value is -2.08. The molecule has 2 amide bonds. The molecule has 1 aromatic rings. The maximum atomic E-state index is 13.3. The van der Waals surface area contributed by atoms with Gasteiger partial charge >= 0.3 is 0 Å². The summed E-state index contributed by atoms with van der Waals surface area (Å²) in [6.07, 6.45) is 3.43. The lowest BCUT2D eigenvalue weighted by atomic mass is 9.85. The number of piperidine rings is 1. The van der Waals surface area contributed by atoms with Gasteiger partial charge < -0.3 is 19.4 Å². The molecule has 1 spiro atoms. The topological polar surface area (TPSA) is 53.1 Å². The number of ether oxygens (including phenoxy) is 1. The van der Waals surface area contributed by atoms with Crippen molar-refractivity contribution in [3.8, 4) is 0 Å². The van der Waals surface area contributed by atoms with Gasteiger partial charge in [-0.1, -0.05) is 0 Å². The van der Waals surface area contributed by atoms with Crippen molar-refractivity contribution in [2.75, 3.05) is 51.3 Å². The molecule has 3 aliphatic heterocycles. The standard InChI is InChI=1S/C21H29N3O3/c1-16-15-17(5-6-18(16)23-11-13-27-14-12-23)19(25)24-10-4-8-21(24)7-3-9-22(2)20(21)26/h5-6,15H,3-4,7-14H2,1-2H3. The van der Waals surface area contributed by atoms with Crippen LogP contribution in [-0.2, 0) is 9.53 Å². The summed E-state index contributed by atoms with van der Waals surface area (Å²) in [7, 11) is 1.85. The van der Waals surface area contributed by atoms with Gasteiger partial charge in [0.2, 0.25) is 5.91 Å². The summed E-state index contributed by atoms with van der Waals surface area (Å²) in [6, 6.07) is 5.95. The number of aryl methyl sites for hydroxylation is 1. The number of carbonyl (C=O) groups excluding carboxylic acids is 2. The summed E-state index contributed by atoms with van der Waals surface area (Å²) < 4.78 is 5.43. The highest BCUT2D eigenvalue weighted by Crippen LogP contribution is 2.39. The number of likely N-dealkylation sites (tertiary alicyclic amines) is 2. The largest absolute Gasteiger partial charge is 0.378 e. The molecule has 0 bridgehead atoms. The summed E-state index contributed by atoms with van der Waals surface area (Å²) in [4.78, 5) is 32.2. The van der Waals surface area contributed by atoms with Crippen LogP contribution in [0.1, 0.15) is 41.6 Å². The molecule has 6 nitrogen and oxygen atoms in total. The van der Waals surface area contributed by atoms with E-state index in [1.165, 1.54) is 5.69 Å². The van der Waals surface area contributed by atoms with Crippen molar-refractivity contribution >= 4 is 17.5 Å². The maximum absolute atomic E-state index is 13.3. The van der Waals surface area contributed by atoms with E-state index in [4.69, 9.17) is 4.74 Å². The van der Waals surface area contributed by atoms with E-state index in [0.717, 1.165) is 64.1 Å². The molecule has 27 heavy (non-hydrogen) atoms. The minimum absolute atomic E-state index is 0.00669. The Labute approximate surface area is 161 Å². The van der Waals surface area contributed by atoms with Crippen LogP contribution in [0, 0.1) is 6.92 Å². The Morgan fingerprint density at radius 3 is 2.48 bits per heavy atom. The van der Waals surface area contributed by atoms with E-state index in [1.807, 2.05) is 30.1 Å². The van der Waals surface area contributed by atoms with Crippen LogP contribution in [0.15, 0.2) is 18.2 Å². The first-order valence-corrected chi connectivity index (χ1v) is 10.0. The molecule has 3 saturated heterocycles. The average molecular weight is 371 g/mol. The monoisotopic (exact) mass is 371 g/mol. The van der Waals surface area contributed by atoms with Gasteiger partial charge in [-0.3, -0.25) is 9.59 Å². The van der Waals surface area contributed by atoms with Gasteiger partial charge in [0.1, 0.15) is 5.54 Å². The fraction of sp³-hybridized carbons (Fsp3) is 0.619. The molecule has 0 aromatic heterocycles. The zero-order chi connectivity index (χ0) is 19.0. The molecular weight excluding hydrogens is 342 g/mol. The van der Waals surface area contributed by atoms with E-state index in [0.29, 0.717) is 12.1 Å². The lowest BCUT2D eigenvalue weighted by Crippen LogP contribution is -2.60. The highest BCUT2D eigenvalue weighted by molar-refractivity contribution is 6.00. The lowest BCUT2D eigenvalue weighted by molar-refractivity contribution is -0.144. The van der Waals surface area contributed by atoms with Gasteiger partial charge in [-0.25, -0.2) is 0 Å². The number of carbonyl (C=O) groups is 2. The van der Waals surface area contributed by atoms with Crippen LogP contribution in [0.5, 0.6) is 0 Å². The highest BCUT2D eigenvalue weighted by atomic mass is 16.5. The van der Waals surface area contributed by atoms with Crippen LogP contribution < -0.4 is 4.90 Å². The third-order valence-electron chi connectivity index (χ3n) is 6.36. The number of anilines is 1. The van der Waals surface area contributed by atoms with Gasteiger partial charge in [-0.05, 0) is 56.4 Å². The van der Waals surface area contributed by atoms with E-state index >= 15 is 0 Å². The quantitative estimate of drug-likeness (QED) is 0.799. The number of likely N-dealkylation sites (N-methyl/N-ethyl adjacent to an activating group) is 1. The molecule has 0 saturated carbocycles. The second kappa shape index (κ2) is 7.15. The molecule has 3 aliphatic rings. The van der Waals surface area contributed by atoms with Crippen LogP contribution in [-0.4, -0.2) is 73.6 Å². The van der Waals surface area contributed by atoms with Crippen LogP contribution in [0.3, 0.4) is 0 Å². The average Bonchev–Trinajstić information content (AvgIpc) is 3.10. The normalized spacial score (nSPS) is 26.1. The molecule has 0 radical (unpaired) electrons. The molecular formula is C21H29N3O3. The summed E-state index contributed by atoms with van der Waals surface area (Å²) in [5.74, 6) is 0.106. The number of morpholine rings is 1. The predicted molar refractivity (Wildman–Crippen MR) is 104 cm³/mol. The number of hydrogen-bond donors (Lipinski definition) is 0. The van der Waals surface area contributed by atoms with E-state index in [1.54, 1.807) is 4.90 Å². The molecule has 1 aromatic carbocycles. The third-order valence-corrected chi connectivity index (χ3v) is 6.36. The van der Waals surface area contributed by atoms with Crippen molar-refractivity contribution in [2.45, 2.75) is 38.1 Å². The van der Waals surface area contributed by atoms with Crippen LogP contribution in [0.2, 0.25) is 0 Å². The SMILES string of the molecule is Cc1cc(C(=O)N2CCCC23CCCN(C)C3=O)ccc1N1CCOCC1. The van der Waals surface area contributed by atoms with Gasteiger partial charge in [0, 0.05) is 44.5 Å². The number of amides is 2. The van der Waals surface area contributed by atoms with Gasteiger partial charge in [-0.2, -0.15) is 0 Å². The summed E-state index contributed by atoms with van der Waals surface area (Å²) in [6.45, 7) is 6.76. The summed E-state index contributed by atoms with van der Waals surface area (Å²) in [5.41, 5.74) is 2.33. The van der Waals surface area contributed by atoms with Gasteiger partial charge in [0.15, 0.2) is 0 Å². The first-order valence-electron chi connectivity index (χ1n) is 10.0. The highest BCUT2D eigenvalue weighted by Gasteiger charge is 2.52. The third kappa shape index (κ3) is 3.10. The molecule has 3 fully saturated rings. The lowest BCUT2D eigenvalue weighted by Gasteiger charge is -2.43. The minimum Gasteiger partial charge on any atom is -0.378 e. The Kier molecular flexibility index (Phi) is 4.84. The number of hydrogen-bond acceptors (Lipinski definition) is 4. The molecule has 6 heteroatoms. The van der Waals surface area contributed by atoms with Crippen molar-refractivity contribution in [1.29, 1.82) is 0 Å². The van der Waals surface area contributed by atoms with Crippen molar-refractivity contribution in [3.63, 3.8) is 0 Å². The fourth-order valence-corrected chi connectivity index (χ4v) is 4.93. The summed E-state index contributed by atoms with van der Waals surface area (Å²) in [5, 5.41) is 0. The Morgan fingerprint density at radius 2 is 1.78 bits per heavy atom. The minimum atomic E-state index is -0.624. The smallest absolute Gasteiger partial charge is 0.254 e. The van der Waals surface area contributed by atoms with Crippen LogP contribution >= 0.6 is 0 Å². The molecule has 1 atom stereocenters. The van der Waals surface area contributed by atoms with Crippen molar-refractivity contribution in [3.05, 3.63) is 29.3 Å². The van der Waals surface area contributed by atoms with E-state index < -0.39 is 5.54 Å². The zero-order valence-corrected chi connectivity index (χ0v) is 16.4. The molecule has 1 unspecified atom stereocenters. The van der Waals surface area contributed by atoms with E-state index in [-0.39, 0.29) is 11.8 Å². The van der Waals surface area contributed by atoms with Crippen molar-refractivity contribution < 1.29 is 14.3 Å². The number of nitrogens with zero attached hydrogens (tertiary/aromatic N) is 3. The molecule has 4 rings (SSSR count).